The number of sulfonamides is 1. The molecule has 3 aliphatic rings. The summed E-state index contributed by atoms with van der Waals surface area (Å²) in [5.74, 6) is 0.455. The van der Waals surface area contributed by atoms with Gasteiger partial charge in [-0.3, -0.25) is 9.59 Å². The average molecular weight is 524 g/mol. The summed E-state index contributed by atoms with van der Waals surface area (Å²) in [6.45, 7) is 5.59. The molecule has 1 N–H and O–H groups in total. The largest absolute Gasteiger partial charge is 0.326 e. The van der Waals surface area contributed by atoms with Crippen LogP contribution < -0.4 is 10.2 Å². The predicted molar refractivity (Wildman–Crippen MR) is 145 cm³/mol. The summed E-state index contributed by atoms with van der Waals surface area (Å²) in [6, 6.07) is 13.1. The number of carbonyl (C=O) groups is 2. The van der Waals surface area contributed by atoms with Gasteiger partial charge in [-0.25, -0.2) is 8.42 Å². The maximum absolute atomic E-state index is 13.5. The van der Waals surface area contributed by atoms with Gasteiger partial charge in [-0.05, 0) is 85.9 Å². The molecule has 0 unspecified atom stereocenters. The lowest BCUT2D eigenvalue weighted by atomic mass is 9.83. The van der Waals surface area contributed by atoms with Crippen molar-refractivity contribution in [1.82, 2.24) is 4.31 Å². The summed E-state index contributed by atoms with van der Waals surface area (Å²) >= 11 is 0. The third kappa shape index (κ3) is 5.32. The summed E-state index contributed by atoms with van der Waals surface area (Å²) in [4.78, 5) is 27.8. The van der Waals surface area contributed by atoms with Gasteiger partial charge in [0, 0.05) is 42.8 Å². The number of nitrogens with one attached hydrogen (secondary N) is 1. The van der Waals surface area contributed by atoms with E-state index in [1.807, 2.05) is 35.2 Å². The Kier molecular flexibility index (Phi) is 7.41. The molecule has 2 aromatic rings. The maximum Gasteiger partial charge on any atom is 0.243 e. The maximum atomic E-state index is 13.5. The van der Waals surface area contributed by atoms with E-state index >= 15 is 0 Å². The molecule has 2 fully saturated rings. The molecule has 2 aliphatic heterocycles. The molecule has 0 aromatic heterocycles. The molecule has 0 bridgehead atoms. The molecule has 2 heterocycles. The van der Waals surface area contributed by atoms with Crippen LogP contribution in [-0.4, -0.2) is 44.2 Å². The van der Waals surface area contributed by atoms with E-state index in [0.717, 1.165) is 49.0 Å². The van der Waals surface area contributed by atoms with Crippen molar-refractivity contribution in [2.24, 2.45) is 11.8 Å². The lowest BCUT2D eigenvalue weighted by molar-refractivity contribution is -0.124. The smallest absolute Gasteiger partial charge is 0.243 e. The molecule has 198 valence electrons. The standard InChI is InChI=1S/C29H37N3O4S/c1-20(2)21-8-10-25(11-9-21)30-28(33)22-14-17-31(18-15-22)37(35,36)26-12-13-27-24(19-26)7-4-16-32(27)29(34)23-5-3-6-23/h8-13,19-20,22-23H,3-7,14-18H2,1-2H3,(H,30,33). The second-order valence-electron chi connectivity index (χ2n) is 11.0. The third-order valence-corrected chi connectivity index (χ3v) is 10.1. The summed E-state index contributed by atoms with van der Waals surface area (Å²) < 4.78 is 28.4. The average Bonchev–Trinajstić information content (AvgIpc) is 2.87. The van der Waals surface area contributed by atoms with E-state index in [9.17, 15) is 18.0 Å². The molecule has 0 atom stereocenters. The molecule has 8 heteroatoms. The van der Waals surface area contributed by atoms with Crippen molar-refractivity contribution < 1.29 is 18.0 Å². The number of rotatable bonds is 6. The fourth-order valence-electron chi connectivity index (χ4n) is 5.54. The molecular formula is C29H37N3O4S. The highest BCUT2D eigenvalue weighted by atomic mass is 32.2. The van der Waals surface area contributed by atoms with Crippen LogP contribution in [-0.2, 0) is 26.0 Å². The molecule has 37 heavy (non-hydrogen) atoms. The zero-order chi connectivity index (χ0) is 26.2. The monoisotopic (exact) mass is 523 g/mol. The van der Waals surface area contributed by atoms with Crippen molar-refractivity contribution in [2.45, 2.75) is 69.6 Å². The molecule has 0 radical (unpaired) electrons. The van der Waals surface area contributed by atoms with Crippen molar-refractivity contribution in [2.75, 3.05) is 29.9 Å². The fourth-order valence-corrected chi connectivity index (χ4v) is 7.06. The Hall–Kier alpha value is -2.71. The van der Waals surface area contributed by atoms with Gasteiger partial charge in [-0.15, -0.1) is 0 Å². The minimum Gasteiger partial charge on any atom is -0.326 e. The van der Waals surface area contributed by atoms with Crippen molar-refractivity contribution in [1.29, 1.82) is 0 Å². The number of benzene rings is 2. The SMILES string of the molecule is CC(C)c1ccc(NC(=O)C2CCN(S(=O)(=O)c3ccc4c(c3)CCCN4C(=O)C3CCC3)CC2)cc1. The number of nitrogens with zero attached hydrogens (tertiary/aromatic N) is 2. The van der Waals surface area contributed by atoms with Gasteiger partial charge in [0.15, 0.2) is 0 Å². The number of amides is 2. The number of piperidine rings is 1. The first-order chi connectivity index (χ1) is 17.7. The predicted octanol–water partition coefficient (Wildman–Crippen LogP) is 4.93. The molecule has 7 nitrogen and oxygen atoms in total. The van der Waals surface area contributed by atoms with Gasteiger partial charge in [0.05, 0.1) is 4.90 Å². The number of fused-ring (bicyclic) bond motifs is 1. The Morgan fingerprint density at radius 2 is 1.59 bits per heavy atom. The van der Waals surface area contributed by atoms with Crippen LogP contribution in [0, 0.1) is 11.8 Å². The molecule has 1 saturated heterocycles. The van der Waals surface area contributed by atoms with Gasteiger partial charge in [0.1, 0.15) is 0 Å². The van der Waals surface area contributed by atoms with Crippen LogP contribution in [0.2, 0.25) is 0 Å². The summed E-state index contributed by atoms with van der Waals surface area (Å²) in [6.07, 6.45) is 5.61. The minimum atomic E-state index is -3.67. The van der Waals surface area contributed by atoms with Crippen LogP contribution in [0.1, 0.15) is 69.4 Å². The topological polar surface area (TPSA) is 86.8 Å². The highest BCUT2D eigenvalue weighted by molar-refractivity contribution is 7.89. The first-order valence-corrected chi connectivity index (χ1v) is 15.0. The van der Waals surface area contributed by atoms with Crippen molar-refractivity contribution in [3.05, 3.63) is 53.6 Å². The molecule has 0 spiro atoms. The zero-order valence-corrected chi connectivity index (χ0v) is 22.6. The highest BCUT2D eigenvalue weighted by Crippen LogP contribution is 2.36. The molecule has 1 aliphatic carbocycles. The number of hydrogen-bond acceptors (Lipinski definition) is 4. The normalized spacial score (nSPS) is 19.4. The number of anilines is 2. The Morgan fingerprint density at radius 3 is 2.22 bits per heavy atom. The van der Waals surface area contributed by atoms with E-state index in [0.29, 0.717) is 38.4 Å². The van der Waals surface area contributed by atoms with Crippen LogP contribution in [0.4, 0.5) is 11.4 Å². The van der Waals surface area contributed by atoms with Crippen molar-refractivity contribution in [3.8, 4) is 0 Å². The third-order valence-electron chi connectivity index (χ3n) is 8.20. The lowest BCUT2D eigenvalue weighted by Gasteiger charge is -2.35. The van der Waals surface area contributed by atoms with E-state index in [-0.39, 0.29) is 28.5 Å². The molecule has 1 saturated carbocycles. The first kappa shape index (κ1) is 25.9. The summed E-state index contributed by atoms with van der Waals surface area (Å²) in [5.41, 5.74) is 3.77. The van der Waals surface area contributed by atoms with Crippen LogP contribution in [0.3, 0.4) is 0 Å². The van der Waals surface area contributed by atoms with Gasteiger partial charge >= 0.3 is 0 Å². The Labute approximate surface area is 220 Å². The second-order valence-corrected chi connectivity index (χ2v) is 12.9. The van der Waals surface area contributed by atoms with Crippen LogP contribution >= 0.6 is 0 Å². The van der Waals surface area contributed by atoms with Gasteiger partial charge in [-0.2, -0.15) is 4.31 Å². The number of hydrogen-bond donors (Lipinski definition) is 1. The highest BCUT2D eigenvalue weighted by Gasteiger charge is 2.35. The molecule has 5 rings (SSSR count). The number of carbonyl (C=O) groups excluding carboxylic acids is 2. The Morgan fingerprint density at radius 1 is 0.892 bits per heavy atom. The first-order valence-electron chi connectivity index (χ1n) is 13.6. The van der Waals surface area contributed by atoms with Crippen LogP contribution in [0.15, 0.2) is 47.4 Å². The quantitative estimate of drug-likeness (QED) is 0.582. The van der Waals surface area contributed by atoms with Crippen molar-refractivity contribution in [3.63, 3.8) is 0 Å². The molecule has 2 amide bonds. The summed E-state index contributed by atoms with van der Waals surface area (Å²) in [7, 11) is -3.67. The molecule has 2 aromatic carbocycles. The van der Waals surface area contributed by atoms with Gasteiger partial charge in [-0.1, -0.05) is 32.4 Å². The van der Waals surface area contributed by atoms with Crippen LogP contribution in [0.25, 0.3) is 0 Å². The Balaban J connectivity index is 1.22. The van der Waals surface area contributed by atoms with Crippen molar-refractivity contribution >= 4 is 33.2 Å². The zero-order valence-electron chi connectivity index (χ0n) is 21.8. The van der Waals surface area contributed by atoms with Gasteiger partial charge in [0.25, 0.3) is 0 Å². The van der Waals surface area contributed by atoms with E-state index < -0.39 is 10.0 Å². The van der Waals surface area contributed by atoms with Gasteiger partial charge < -0.3 is 10.2 Å². The van der Waals surface area contributed by atoms with E-state index in [2.05, 4.69) is 19.2 Å². The molecular weight excluding hydrogens is 486 g/mol. The Bertz CT molecular complexity index is 1260. The lowest BCUT2D eigenvalue weighted by Crippen LogP contribution is -2.42. The second kappa shape index (κ2) is 10.6. The number of aryl methyl sites for hydroxylation is 1. The van der Waals surface area contributed by atoms with E-state index in [4.69, 9.17) is 0 Å². The fraction of sp³-hybridized carbons (Fsp3) is 0.517. The summed E-state index contributed by atoms with van der Waals surface area (Å²) in [5, 5.41) is 2.99. The van der Waals surface area contributed by atoms with Gasteiger partial charge in [0.2, 0.25) is 21.8 Å². The minimum absolute atomic E-state index is 0.0562. The van der Waals surface area contributed by atoms with E-state index in [1.165, 1.54) is 9.87 Å². The van der Waals surface area contributed by atoms with Crippen LogP contribution in [0.5, 0.6) is 0 Å². The van der Waals surface area contributed by atoms with E-state index in [1.54, 1.807) is 12.1 Å².